The Morgan fingerprint density at radius 1 is 1.08 bits per heavy atom. The van der Waals surface area contributed by atoms with E-state index in [1.54, 1.807) is 0 Å². The molecule has 1 aromatic rings. The Morgan fingerprint density at radius 2 is 1.88 bits per heavy atom. The van der Waals surface area contributed by atoms with Crippen LogP contribution < -0.4 is 4.90 Å². The summed E-state index contributed by atoms with van der Waals surface area (Å²) in [6.45, 7) is 2.16. The second-order valence-electron chi connectivity index (χ2n) is 6.95. The predicted molar refractivity (Wildman–Crippen MR) is 97.3 cm³/mol. The number of nitrogens with zero attached hydrogens (tertiary/aromatic N) is 2. The lowest BCUT2D eigenvalue weighted by molar-refractivity contribution is -0.116. The number of hydrogen-bond donors (Lipinski definition) is 0. The van der Waals surface area contributed by atoms with Gasteiger partial charge < -0.3 is 4.90 Å². The maximum Gasteiger partial charge on any atom is 0.236 e. The highest BCUT2D eigenvalue weighted by molar-refractivity contribution is 6.04. The minimum absolute atomic E-state index is 0.158. The number of anilines is 1. The van der Waals surface area contributed by atoms with Crippen molar-refractivity contribution in [3.63, 3.8) is 0 Å². The van der Waals surface area contributed by atoms with Gasteiger partial charge >= 0.3 is 0 Å². The number of carbonyl (C=O) groups is 1. The van der Waals surface area contributed by atoms with Gasteiger partial charge in [-0.15, -0.1) is 0 Å². The van der Waals surface area contributed by atoms with E-state index in [0.717, 1.165) is 16.9 Å². The van der Waals surface area contributed by atoms with Crippen LogP contribution in [0, 0.1) is 0 Å². The van der Waals surface area contributed by atoms with E-state index >= 15 is 0 Å². The second kappa shape index (κ2) is 6.31. The molecule has 0 radical (unpaired) electrons. The third-order valence-electron chi connectivity index (χ3n) is 5.33. The molecule has 1 fully saturated rings. The van der Waals surface area contributed by atoms with E-state index < -0.39 is 0 Å². The van der Waals surface area contributed by atoms with Crippen LogP contribution in [0.1, 0.15) is 44.6 Å². The smallest absolute Gasteiger partial charge is 0.236 e. The first kappa shape index (κ1) is 15.3. The van der Waals surface area contributed by atoms with E-state index in [1.165, 1.54) is 37.8 Å². The zero-order valence-electron chi connectivity index (χ0n) is 14.2. The molecular weight excluding hydrogens is 296 g/mol. The molecule has 4 rings (SSSR count). The normalized spacial score (nSPS) is 21.5. The van der Waals surface area contributed by atoms with Crippen molar-refractivity contribution in [3.05, 3.63) is 65.7 Å². The van der Waals surface area contributed by atoms with Crippen LogP contribution in [0.15, 0.2) is 60.1 Å². The molecule has 2 aliphatic heterocycles. The van der Waals surface area contributed by atoms with Gasteiger partial charge in [-0.2, -0.15) is 0 Å². The average molecular weight is 320 g/mol. The zero-order valence-corrected chi connectivity index (χ0v) is 14.2. The van der Waals surface area contributed by atoms with Crippen LogP contribution in [-0.4, -0.2) is 16.8 Å². The van der Waals surface area contributed by atoms with Crippen LogP contribution in [0.4, 0.5) is 5.69 Å². The monoisotopic (exact) mass is 320 g/mol. The van der Waals surface area contributed by atoms with Gasteiger partial charge in [0.1, 0.15) is 0 Å². The average Bonchev–Trinajstić information content (AvgIpc) is 2.81. The van der Waals surface area contributed by atoms with Crippen molar-refractivity contribution >= 4 is 11.6 Å². The maximum atomic E-state index is 12.6. The van der Waals surface area contributed by atoms with Gasteiger partial charge in [-0.05, 0) is 49.6 Å². The summed E-state index contributed by atoms with van der Waals surface area (Å²) in [5, 5.41) is 0. The van der Waals surface area contributed by atoms with E-state index in [1.807, 2.05) is 29.2 Å². The van der Waals surface area contributed by atoms with Crippen LogP contribution in [0.25, 0.3) is 0 Å². The number of allylic oxidation sites excluding steroid dienone is 4. The molecule has 0 N–H and O–H groups in total. The minimum atomic E-state index is 0.158. The van der Waals surface area contributed by atoms with Crippen LogP contribution in [0.2, 0.25) is 0 Å². The molecule has 3 heteroatoms. The number of carbonyl (C=O) groups excluding carboxylic acids is 1. The fourth-order valence-corrected chi connectivity index (χ4v) is 4.13. The molecule has 2 heterocycles. The van der Waals surface area contributed by atoms with Crippen molar-refractivity contribution in [2.45, 2.75) is 51.5 Å². The van der Waals surface area contributed by atoms with Gasteiger partial charge in [0.15, 0.2) is 0 Å². The summed E-state index contributed by atoms with van der Waals surface area (Å²) < 4.78 is 0. The molecule has 3 nitrogen and oxygen atoms in total. The number of para-hydroxylation sites is 1. The quantitative estimate of drug-likeness (QED) is 0.799. The Kier molecular flexibility index (Phi) is 4.01. The summed E-state index contributed by atoms with van der Waals surface area (Å²) in [5.41, 5.74) is 4.33. The Labute approximate surface area is 144 Å². The van der Waals surface area contributed by atoms with E-state index in [0.29, 0.717) is 12.5 Å². The van der Waals surface area contributed by atoms with Gasteiger partial charge in [0.25, 0.3) is 0 Å². The van der Waals surface area contributed by atoms with Crippen molar-refractivity contribution in [1.29, 1.82) is 0 Å². The molecule has 1 saturated carbocycles. The molecule has 24 heavy (non-hydrogen) atoms. The standard InChI is InChI=1S/C21H24N2O/c1-16-14-19(11-7-13-22(16)18-9-3-2-4-10-18)23-20-12-6-5-8-17(20)15-21(23)24/h5-8,11-14,18H,2-4,9-10,15H2,1H3. The summed E-state index contributed by atoms with van der Waals surface area (Å²) in [5.74, 6) is 0.158. The lowest BCUT2D eigenvalue weighted by Crippen LogP contribution is -2.31. The molecule has 0 atom stereocenters. The highest BCUT2D eigenvalue weighted by Crippen LogP contribution is 2.34. The van der Waals surface area contributed by atoms with Crippen molar-refractivity contribution in [1.82, 2.24) is 4.90 Å². The first-order valence-electron chi connectivity index (χ1n) is 9.00. The second-order valence-corrected chi connectivity index (χ2v) is 6.95. The van der Waals surface area contributed by atoms with Gasteiger partial charge in [0, 0.05) is 17.9 Å². The molecule has 0 aromatic heterocycles. The number of benzene rings is 1. The SMILES string of the molecule is CC1=CC(N2C(=O)Cc3ccccc32)=CC=CN1C1CCCCC1. The topological polar surface area (TPSA) is 23.6 Å². The Morgan fingerprint density at radius 3 is 2.71 bits per heavy atom. The third kappa shape index (κ3) is 2.68. The van der Waals surface area contributed by atoms with Crippen LogP contribution in [-0.2, 0) is 11.2 Å². The molecule has 124 valence electrons. The van der Waals surface area contributed by atoms with Gasteiger partial charge in [0.2, 0.25) is 5.91 Å². The number of hydrogen-bond acceptors (Lipinski definition) is 2. The van der Waals surface area contributed by atoms with E-state index in [4.69, 9.17) is 0 Å². The predicted octanol–water partition coefficient (Wildman–Crippen LogP) is 4.53. The van der Waals surface area contributed by atoms with Crippen molar-refractivity contribution < 1.29 is 4.79 Å². The summed E-state index contributed by atoms with van der Waals surface area (Å²) in [6, 6.07) is 8.69. The number of rotatable bonds is 2. The Hall–Kier alpha value is -2.29. The molecule has 3 aliphatic rings. The first-order chi connectivity index (χ1) is 11.7. The number of fused-ring (bicyclic) bond motifs is 1. The molecule has 1 aromatic carbocycles. The highest BCUT2D eigenvalue weighted by atomic mass is 16.2. The summed E-state index contributed by atoms with van der Waals surface area (Å²) in [6.07, 6.45) is 15.5. The van der Waals surface area contributed by atoms with Crippen molar-refractivity contribution in [3.8, 4) is 0 Å². The molecule has 0 unspecified atom stereocenters. The first-order valence-corrected chi connectivity index (χ1v) is 9.00. The molecule has 1 aliphatic carbocycles. The van der Waals surface area contributed by atoms with E-state index in [2.05, 4.69) is 36.3 Å². The summed E-state index contributed by atoms with van der Waals surface area (Å²) in [4.78, 5) is 16.8. The lowest BCUT2D eigenvalue weighted by Gasteiger charge is -2.34. The number of amides is 1. The molecule has 1 amide bonds. The van der Waals surface area contributed by atoms with Gasteiger partial charge in [0.05, 0.1) is 17.8 Å². The van der Waals surface area contributed by atoms with Crippen molar-refractivity contribution in [2.75, 3.05) is 4.90 Å². The van der Waals surface area contributed by atoms with Crippen molar-refractivity contribution in [2.24, 2.45) is 0 Å². The van der Waals surface area contributed by atoms with E-state index in [-0.39, 0.29) is 5.91 Å². The van der Waals surface area contributed by atoms with Crippen LogP contribution >= 0.6 is 0 Å². The minimum Gasteiger partial charge on any atom is -0.349 e. The molecule has 0 bridgehead atoms. The van der Waals surface area contributed by atoms with Gasteiger partial charge in [-0.1, -0.05) is 37.5 Å². The third-order valence-corrected chi connectivity index (χ3v) is 5.33. The lowest BCUT2D eigenvalue weighted by atomic mass is 9.94. The Balaban J connectivity index is 1.63. The Bertz CT molecular complexity index is 738. The van der Waals surface area contributed by atoms with Crippen LogP contribution in [0.3, 0.4) is 0 Å². The van der Waals surface area contributed by atoms with Gasteiger partial charge in [-0.25, -0.2) is 0 Å². The molecule has 0 spiro atoms. The molecule has 0 saturated heterocycles. The summed E-state index contributed by atoms with van der Waals surface area (Å²) >= 11 is 0. The van der Waals surface area contributed by atoms with Crippen LogP contribution in [0.5, 0.6) is 0 Å². The van der Waals surface area contributed by atoms with E-state index in [9.17, 15) is 4.79 Å². The zero-order chi connectivity index (χ0) is 16.5. The molecular formula is C21H24N2O. The highest BCUT2D eigenvalue weighted by Gasteiger charge is 2.29. The maximum absolute atomic E-state index is 12.6. The largest absolute Gasteiger partial charge is 0.349 e. The van der Waals surface area contributed by atoms with Gasteiger partial charge in [-0.3, -0.25) is 9.69 Å². The fraction of sp³-hybridized carbons (Fsp3) is 0.381. The fourth-order valence-electron chi connectivity index (χ4n) is 4.13. The summed E-state index contributed by atoms with van der Waals surface area (Å²) in [7, 11) is 0.